The van der Waals surface area contributed by atoms with E-state index in [0.29, 0.717) is 26.1 Å². The van der Waals surface area contributed by atoms with Crippen LogP contribution in [0.3, 0.4) is 0 Å². The van der Waals surface area contributed by atoms with Gasteiger partial charge in [-0.2, -0.15) is 0 Å². The van der Waals surface area contributed by atoms with Crippen LogP contribution in [0.2, 0.25) is 0 Å². The van der Waals surface area contributed by atoms with Crippen LogP contribution in [-0.4, -0.2) is 93.6 Å². The number of alkyl carbamates (subject to hydrolysis) is 2. The lowest BCUT2D eigenvalue weighted by Crippen LogP contribution is -2.51. The van der Waals surface area contributed by atoms with E-state index < -0.39 is 18.2 Å². The molecule has 3 aromatic carbocycles. The number of ether oxygens (including phenoxy) is 2. The van der Waals surface area contributed by atoms with Gasteiger partial charge in [0.05, 0.1) is 50.1 Å². The van der Waals surface area contributed by atoms with Crippen molar-refractivity contribution < 1.29 is 28.7 Å². The summed E-state index contributed by atoms with van der Waals surface area (Å²) >= 11 is 0. The Bertz CT molecular complexity index is 2270. The number of aromatic nitrogens is 4. The average Bonchev–Trinajstić information content (AvgIpc) is 4.08. The van der Waals surface area contributed by atoms with Crippen molar-refractivity contribution in [2.75, 3.05) is 33.9 Å². The smallest absolute Gasteiger partial charge is 0.407 e. The Morgan fingerprint density at radius 2 is 1.26 bits per heavy atom. The standard InChI is InChI=1S/C44H52N8O6/c1-26(2)39(50-44(56)58-5)42(54)52-19-7-9-37(52)41-45-24-34(48-41)29-12-10-28(11-13-29)30-14-15-32-22-33(17-16-31(32)21-30)35-25-46-40(49-35)36-8-6-18-51(36)38(53)20-27(3)23-47-43(55)57-4/h10-17,21-22,24-27,36-37,39H,6-9,18-20,23H2,1-5H3,(H,45,48)(H,46,49)(H,47,55)(H,50,56). The molecule has 2 aliphatic heterocycles. The van der Waals surface area contributed by atoms with Gasteiger partial charge >= 0.3 is 12.2 Å². The third-order valence-corrected chi connectivity index (χ3v) is 11.3. The fraction of sp³-hybridized carbons (Fsp3) is 0.409. The van der Waals surface area contributed by atoms with Gasteiger partial charge in [-0.1, -0.05) is 69.3 Å². The van der Waals surface area contributed by atoms with Crippen LogP contribution in [-0.2, 0) is 19.1 Å². The van der Waals surface area contributed by atoms with Gasteiger partial charge in [-0.25, -0.2) is 19.6 Å². The Morgan fingerprint density at radius 3 is 1.88 bits per heavy atom. The second-order valence-electron chi connectivity index (χ2n) is 15.7. The van der Waals surface area contributed by atoms with E-state index in [1.54, 1.807) is 0 Å². The number of imidazole rings is 2. The van der Waals surface area contributed by atoms with E-state index in [9.17, 15) is 19.2 Å². The number of fused-ring (bicyclic) bond motifs is 1. The van der Waals surface area contributed by atoms with Crippen molar-refractivity contribution in [2.45, 2.75) is 71.0 Å². The molecule has 4 atom stereocenters. The van der Waals surface area contributed by atoms with Crippen LogP contribution in [0.1, 0.15) is 76.6 Å². The van der Waals surface area contributed by atoms with Gasteiger partial charge in [-0.15, -0.1) is 0 Å². The minimum atomic E-state index is -0.684. The van der Waals surface area contributed by atoms with Crippen LogP contribution < -0.4 is 10.6 Å². The summed E-state index contributed by atoms with van der Waals surface area (Å²) < 4.78 is 9.40. The summed E-state index contributed by atoms with van der Waals surface area (Å²) in [4.78, 5) is 70.3. The average molecular weight is 789 g/mol. The first kappa shape index (κ1) is 40.0. The maximum Gasteiger partial charge on any atom is 0.407 e. The molecule has 14 nitrogen and oxygen atoms in total. The van der Waals surface area contributed by atoms with Gasteiger partial charge in [-0.05, 0) is 77.1 Å². The molecule has 304 valence electrons. The maximum atomic E-state index is 13.6. The monoisotopic (exact) mass is 788 g/mol. The molecular weight excluding hydrogens is 737 g/mol. The molecule has 2 saturated heterocycles. The van der Waals surface area contributed by atoms with Crippen molar-refractivity contribution in [1.29, 1.82) is 0 Å². The number of aromatic amines is 2. The van der Waals surface area contributed by atoms with Crippen molar-refractivity contribution in [2.24, 2.45) is 11.8 Å². The predicted molar refractivity (Wildman–Crippen MR) is 220 cm³/mol. The van der Waals surface area contributed by atoms with Crippen LogP contribution in [0.15, 0.2) is 73.1 Å². The molecule has 4 N–H and O–H groups in total. The van der Waals surface area contributed by atoms with E-state index in [4.69, 9.17) is 9.72 Å². The lowest BCUT2D eigenvalue weighted by atomic mass is 9.98. The summed E-state index contributed by atoms with van der Waals surface area (Å²) in [5.74, 6) is 1.31. The molecule has 2 aliphatic rings. The SMILES string of the molecule is COC(=O)NCC(C)CC(=O)N1CCCC1c1ncc(-c2ccc3cc(-c4ccc(-c5cnc(C6CCCN6C(=O)C(NC(=O)OC)C(C)C)[nH]5)cc4)ccc3c2)[nH]1. The van der Waals surface area contributed by atoms with Gasteiger partial charge < -0.3 is 39.9 Å². The second-order valence-corrected chi connectivity index (χ2v) is 15.7. The molecule has 2 aromatic heterocycles. The van der Waals surface area contributed by atoms with E-state index >= 15 is 0 Å². The molecule has 0 radical (unpaired) electrons. The van der Waals surface area contributed by atoms with Gasteiger partial charge in [0, 0.05) is 31.6 Å². The Morgan fingerprint density at radius 1 is 0.724 bits per heavy atom. The van der Waals surface area contributed by atoms with Gasteiger partial charge in [0.1, 0.15) is 17.7 Å². The van der Waals surface area contributed by atoms with Crippen LogP contribution in [0, 0.1) is 11.8 Å². The summed E-state index contributed by atoms with van der Waals surface area (Å²) in [5, 5.41) is 7.59. The number of likely N-dealkylation sites (tertiary alicyclic amines) is 2. The highest BCUT2D eigenvalue weighted by molar-refractivity contribution is 5.91. The highest BCUT2D eigenvalue weighted by Crippen LogP contribution is 2.35. The Labute approximate surface area is 338 Å². The van der Waals surface area contributed by atoms with E-state index in [1.165, 1.54) is 14.2 Å². The first-order valence-electron chi connectivity index (χ1n) is 20.0. The zero-order valence-corrected chi connectivity index (χ0v) is 33.7. The van der Waals surface area contributed by atoms with E-state index in [0.717, 1.165) is 81.7 Å². The highest BCUT2D eigenvalue weighted by Gasteiger charge is 2.37. The Hall–Kier alpha value is -6.18. The zero-order chi connectivity index (χ0) is 40.9. The summed E-state index contributed by atoms with van der Waals surface area (Å²) in [7, 11) is 2.62. The minimum Gasteiger partial charge on any atom is -0.453 e. The number of benzene rings is 3. The van der Waals surface area contributed by atoms with Gasteiger partial charge in [0.25, 0.3) is 0 Å². The first-order chi connectivity index (χ1) is 28.0. The topological polar surface area (TPSA) is 175 Å². The van der Waals surface area contributed by atoms with Crippen molar-refractivity contribution in [3.63, 3.8) is 0 Å². The van der Waals surface area contributed by atoms with Gasteiger partial charge in [0.15, 0.2) is 0 Å². The second kappa shape index (κ2) is 17.5. The number of carbonyl (C=O) groups excluding carboxylic acids is 4. The molecule has 4 amide bonds. The van der Waals surface area contributed by atoms with Gasteiger partial charge in [-0.3, -0.25) is 9.59 Å². The van der Waals surface area contributed by atoms with Crippen molar-refractivity contribution >= 4 is 34.8 Å². The number of nitrogens with one attached hydrogen (secondary N) is 4. The molecule has 0 spiro atoms. The molecular formula is C44H52N8O6. The highest BCUT2D eigenvalue weighted by atomic mass is 16.5. The number of hydrogen-bond acceptors (Lipinski definition) is 8. The molecule has 0 saturated carbocycles. The number of H-pyrrole nitrogens is 2. The number of carbonyl (C=O) groups is 4. The van der Waals surface area contributed by atoms with E-state index in [1.807, 2.05) is 43.0 Å². The maximum absolute atomic E-state index is 13.6. The molecule has 14 heteroatoms. The lowest BCUT2D eigenvalue weighted by molar-refractivity contribution is -0.135. The summed E-state index contributed by atoms with van der Waals surface area (Å²) in [6.45, 7) is 7.40. The fourth-order valence-electron chi connectivity index (χ4n) is 8.10. The van der Waals surface area contributed by atoms with Crippen molar-refractivity contribution in [3.05, 3.63) is 84.7 Å². The zero-order valence-electron chi connectivity index (χ0n) is 33.7. The largest absolute Gasteiger partial charge is 0.453 e. The number of hydrogen-bond donors (Lipinski definition) is 4. The van der Waals surface area contributed by atoms with E-state index in [2.05, 4.69) is 91.0 Å². The molecule has 0 bridgehead atoms. The molecule has 4 unspecified atom stereocenters. The van der Waals surface area contributed by atoms with Gasteiger partial charge in [0.2, 0.25) is 11.8 Å². The first-order valence-corrected chi connectivity index (χ1v) is 20.0. The van der Waals surface area contributed by atoms with Crippen molar-refractivity contribution in [1.82, 2.24) is 40.4 Å². The third kappa shape index (κ3) is 8.70. The minimum absolute atomic E-state index is 0.0217. The molecule has 2 fully saturated rings. The quantitative estimate of drug-likeness (QED) is 0.101. The molecule has 5 aromatic rings. The molecule has 0 aliphatic carbocycles. The Kier molecular flexibility index (Phi) is 12.1. The molecule has 7 rings (SSSR count). The predicted octanol–water partition coefficient (Wildman–Crippen LogP) is 7.38. The number of rotatable bonds is 12. The summed E-state index contributed by atoms with van der Waals surface area (Å²) in [5.41, 5.74) is 5.96. The molecule has 4 heterocycles. The van der Waals surface area contributed by atoms with E-state index in [-0.39, 0.29) is 35.7 Å². The fourth-order valence-corrected chi connectivity index (χ4v) is 8.10. The number of amides is 4. The number of nitrogens with zero attached hydrogens (tertiary/aromatic N) is 4. The van der Waals surface area contributed by atoms with Crippen molar-refractivity contribution in [3.8, 4) is 33.6 Å². The normalized spacial score (nSPS) is 17.7. The summed E-state index contributed by atoms with van der Waals surface area (Å²) in [6, 6.07) is 20.2. The van der Waals surface area contributed by atoms with Crippen LogP contribution >= 0.6 is 0 Å². The van der Waals surface area contributed by atoms with Crippen LogP contribution in [0.4, 0.5) is 9.59 Å². The Balaban J connectivity index is 0.998. The van der Waals surface area contributed by atoms with Crippen LogP contribution in [0.25, 0.3) is 44.4 Å². The van der Waals surface area contributed by atoms with Crippen LogP contribution in [0.5, 0.6) is 0 Å². The third-order valence-electron chi connectivity index (χ3n) is 11.3. The lowest BCUT2D eigenvalue weighted by Gasteiger charge is -2.30. The number of methoxy groups -OCH3 is 2. The summed E-state index contributed by atoms with van der Waals surface area (Å²) in [6.07, 6.45) is 6.26. The molecule has 58 heavy (non-hydrogen) atoms.